The topological polar surface area (TPSA) is 59.8 Å². The highest BCUT2D eigenvalue weighted by molar-refractivity contribution is 5.94. The van der Waals surface area contributed by atoms with Gasteiger partial charge in [-0.1, -0.05) is 30.3 Å². The van der Waals surface area contributed by atoms with Crippen molar-refractivity contribution in [3.8, 4) is 17.2 Å². The van der Waals surface area contributed by atoms with E-state index in [0.717, 1.165) is 46.9 Å². The molecule has 0 bridgehead atoms. The summed E-state index contributed by atoms with van der Waals surface area (Å²) in [6.45, 7) is 5.11. The minimum absolute atomic E-state index is 0.0732. The van der Waals surface area contributed by atoms with E-state index in [1.54, 1.807) is 26.4 Å². The fourth-order valence-electron chi connectivity index (χ4n) is 5.10. The molecule has 2 heterocycles. The normalized spacial score (nSPS) is 13.1. The summed E-state index contributed by atoms with van der Waals surface area (Å²) in [5.41, 5.74) is 5.60. The third kappa shape index (κ3) is 5.66. The van der Waals surface area contributed by atoms with Gasteiger partial charge in [0.25, 0.3) is 5.91 Å². The minimum Gasteiger partial charge on any atom is -0.497 e. The van der Waals surface area contributed by atoms with E-state index in [4.69, 9.17) is 14.6 Å². The van der Waals surface area contributed by atoms with Gasteiger partial charge in [0.2, 0.25) is 0 Å². The molecular formula is C31H33FN4O3. The van der Waals surface area contributed by atoms with E-state index >= 15 is 0 Å². The number of hydrogen-bond acceptors (Lipinski definition) is 5. The molecular weight excluding hydrogens is 495 g/mol. The summed E-state index contributed by atoms with van der Waals surface area (Å²) in [6, 6.07) is 21.7. The van der Waals surface area contributed by atoms with Crippen LogP contribution in [0.15, 0.2) is 72.8 Å². The monoisotopic (exact) mass is 528 g/mol. The van der Waals surface area contributed by atoms with Crippen molar-refractivity contribution < 1.29 is 18.7 Å². The molecule has 0 N–H and O–H groups in total. The molecule has 0 fully saturated rings. The Kier molecular flexibility index (Phi) is 7.93. The molecule has 1 aliphatic heterocycles. The van der Waals surface area contributed by atoms with Crippen LogP contribution < -0.4 is 9.47 Å². The highest BCUT2D eigenvalue weighted by Gasteiger charge is 2.28. The Hall–Kier alpha value is -4.17. The molecule has 0 radical (unpaired) electrons. The molecule has 0 atom stereocenters. The van der Waals surface area contributed by atoms with Crippen molar-refractivity contribution in [2.45, 2.75) is 33.0 Å². The Labute approximate surface area is 228 Å². The maximum atomic E-state index is 13.5. The van der Waals surface area contributed by atoms with E-state index in [2.05, 4.69) is 4.90 Å². The lowest BCUT2D eigenvalue weighted by molar-refractivity contribution is 0.0749. The van der Waals surface area contributed by atoms with Crippen LogP contribution in [0.5, 0.6) is 11.5 Å². The fraction of sp³-hybridized carbons (Fsp3) is 0.290. The maximum absolute atomic E-state index is 13.5. The van der Waals surface area contributed by atoms with Gasteiger partial charge in [0.05, 0.1) is 32.2 Å². The summed E-state index contributed by atoms with van der Waals surface area (Å²) >= 11 is 0. The Morgan fingerprint density at radius 2 is 1.82 bits per heavy atom. The molecule has 1 aromatic heterocycles. The van der Waals surface area contributed by atoms with Crippen molar-refractivity contribution in [3.63, 3.8) is 0 Å². The van der Waals surface area contributed by atoms with Crippen molar-refractivity contribution in [1.82, 2.24) is 19.6 Å². The standard InChI is InChI=1S/C31H33FN4O3/c1-4-35(31(37)23-8-7-9-25(18-23)38-2)21-27-26-20-34(19-22-12-14-24(32)15-13-22)17-16-28(26)36(33-27)29-10-5-6-11-30(29)39-3/h5-15,18H,4,16-17,19-21H2,1-3H3. The zero-order valence-electron chi connectivity index (χ0n) is 22.6. The van der Waals surface area contributed by atoms with E-state index < -0.39 is 0 Å². The van der Waals surface area contributed by atoms with Crippen molar-refractivity contribution in [2.75, 3.05) is 27.3 Å². The highest BCUT2D eigenvalue weighted by atomic mass is 19.1. The smallest absolute Gasteiger partial charge is 0.254 e. The zero-order valence-corrected chi connectivity index (χ0v) is 22.6. The Morgan fingerprint density at radius 3 is 2.56 bits per heavy atom. The Bertz CT molecular complexity index is 1450. The van der Waals surface area contributed by atoms with Crippen LogP contribution in [0.3, 0.4) is 0 Å². The van der Waals surface area contributed by atoms with Gasteiger partial charge in [0.15, 0.2) is 0 Å². The van der Waals surface area contributed by atoms with Gasteiger partial charge in [-0.05, 0) is 55.0 Å². The lowest BCUT2D eigenvalue weighted by Gasteiger charge is -2.28. The summed E-state index contributed by atoms with van der Waals surface area (Å²) in [7, 11) is 3.25. The fourth-order valence-corrected chi connectivity index (χ4v) is 5.10. The summed E-state index contributed by atoms with van der Waals surface area (Å²) in [5, 5.41) is 5.06. The van der Waals surface area contributed by atoms with Crippen LogP contribution in [0.1, 0.15) is 39.8 Å². The summed E-state index contributed by atoms with van der Waals surface area (Å²) < 4.78 is 26.4. The van der Waals surface area contributed by atoms with Crippen LogP contribution in [0.2, 0.25) is 0 Å². The summed E-state index contributed by atoms with van der Waals surface area (Å²) in [6.07, 6.45) is 0.789. The number of carbonyl (C=O) groups is 1. The number of rotatable bonds is 9. The van der Waals surface area contributed by atoms with Crippen LogP contribution in [0, 0.1) is 5.82 Å². The lowest BCUT2D eigenvalue weighted by atomic mass is 10.0. The number of carbonyl (C=O) groups excluding carboxylic acids is 1. The molecule has 0 aliphatic carbocycles. The van der Waals surface area contributed by atoms with Gasteiger partial charge in [-0.3, -0.25) is 9.69 Å². The summed E-state index contributed by atoms with van der Waals surface area (Å²) in [4.78, 5) is 17.7. The number of halogens is 1. The third-order valence-electron chi connectivity index (χ3n) is 7.18. The first-order chi connectivity index (χ1) is 19.0. The first kappa shape index (κ1) is 26.4. The molecule has 7 nitrogen and oxygen atoms in total. The molecule has 1 amide bonds. The van der Waals surface area contributed by atoms with Crippen LogP contribution >= 0.6 is 0 Å². The summed E-state index contributed by atoms with van der Waals surface area (Å²) in [5.74, 6) is 1.07. The van der Waals surface area contributed by atoms with Gasteiger partial charge in [-0.2, -0.15) is 5.10 Å². The van der Waals surface area contributed by atoms with E-state index in [1.807, 2.05) is 65.0 Å². The lowest BCUT2D eigenvalue weighted by Crippen LogP contribution is -2.33. The molecule has 0 unspecified atom stereocenters. The SMILES string of the molecule is CCN(Cc1nn(-c2ccccc2OC)c2c1CN(Cc1ccc(F)cc1)CC2)C(=O)c1cccc(OC)c1. The second-order valence-electron chi connectivity index (χ2n) is 9.59. The molecule has 1 aliphatic rings. The number of hydrogen-bond donors (Lipinski definition) is 0. The predicted octanol–water partition coefficient (Wildman–Crippen LogP) is 5.25. The molecule has 39 heavy (non-hydrogen) atoms. The number of ether oxygens (including phenoxy) is 2. The number of benzene rings is 3. The second-order valence-corrected chi connectivity index (χ2v) is 9.59. The predicted molar refractivity (Wildman–Crippen MR) is 148 cm³/mol. The first-order valence-electron chi connectivity index (χ1n) is 13.1. The largest absolute Gasteiger partial charge is 0.497 e. The highest BCUT2D eigenvalue weighted by Crippen LogP contribution is 2.31. The van der Waals surface area contributed by atoms with Crippen molar-refractivity contribution in [3.05, 3.63) is 107 Å². The van der Waals surface area contributed by atoms with E-state index in [-0.39, 0.29) is 11.7 Å². The van der Waals surface area contributed by atoms with Gasteiger partial charge in [-0.15, -0.1) is 0 Å². The maximum Gasteiger partial charge on any atom is 0.254 e. The van der Waals surface area contributed by atoms with Gasteiger partial charge in [-0.25, -0.2) is 9.07 Å². The van der Waals surface area contributed by atoms with Crippen LogP contribution in [-0.4, -0.2) is 52.8 Å². The van der Waals surface area contributed by atoms with Gasteiger partial charge >= 0.3 is 0 Å². The average molecular weight is 529 g/mol. The van der Waals surface area contributed by atoms with Gasteiger partial charge in [0.1, 0.15) is 23.0 Å². The minimum atomic E-state index is -0.236. The molecule has 0 spiro atoms. The van der Waals surface area contributed by atoms with Crippen molar-refractivity contribution in [2.24, 2.45) is 0 Å². The van der Waals surface area contributed by atoms with E-state index in [0.29, 0.717) is 37.5 Å². The van der Waals surface area contributed by atoms with Crippen LogP contribution in [-0.2, 0) is 26.1 Å². The number of methoxy groups -OCH3 is 2. The first-order valence-corrected chi connectivity index (χ1v) is 13.1. The molecule has 0 saturated carbocycles. The quantitative estimate of drug-likeness (QED) is 0.297. The number of aromatic nitrogens is 2. The Morgan fingerprint density at radius 1 is 1.03 bits per heavy atom. The zero-order chi connectivity index (χ0) is 27.4. The Balaban J connectivity index is 1.49. The molecule has 0 saturated heterocycles. The number of amides is 1. The molecule has 3 aromatic carbocycles. The second kappa shape index (κ2) is 11.7. The van der Waals surface area contributed by atoms with Gasteiger partial charge < -0.3 is 14.4 Å². The van der Waals surface area contributed by atoms with Crippen molar-refractivity contribution >= 4 is 5.91 Å². The average Bonchev–Trinajstić information content (AvgIpc) is 3.33. The van der Waals surface area contributed by atoms with E-state index in [1.165, 1.54) is 12.1 Å². The van der Waals surface area contributed by atoms with Crippen LogP contribution in [0.25, 0.3) is 5.69 Å². The van der Waals surface area contributed by atoms with E-state index in [9.17, 15) is 9.18 Å². The van der Waals surface area contributed by atoms with Crippen molar-refractivity contribution in [1.29, 1.82) is 0 Å². The molecule has 8 heteroatoms. The van der Waals surface area contributed by atoms with Gasteiger partial charge in [0, 0.05) is 43.7 Å². The molecule has 202 valence electrons. The number of nitrogens with zero attached hydrogens (tertiary/aromatic N) is 4. The third-order valence-corrected chi connectivity index (χ3v) is 7.18. The molecule has 4 aromatic rings. The molecule has 5 rings (SSSR count). The van der Waals surface area contributed by atoms with Crippen LogP contribution in [0.4, 0.5) is 4.39 Å². The number of para-hydroxylation sites is 2. The number of fused-ring (bicyclic) bond motifs is 1.